The van der Waals surface area contributed by atoms with Gasteiger partial charge in [-0.2, -0.15) is 0 Å². The van der Waals surface area contributed by atoms with Gasteiger partial charge in [-0.15, -0.1) is 0 Å². The molecule has 0 aliphatic rings. The number of aryl methyl sites for hydroxylation is 1. The summed E-state index contributed by atoms with van der Waals surface area (Å²) in [5.74, 6) is 0.915. The van der Waals surface area contributed by atoms with Gasteiger partial charge in [-0.05, 0) is 19.1 Å². The summed E-state index contributed by atoms with van der Waals surface area (Å²) in [5, 5.41) is 7.85. The summed E-state index contributed by atoms with van der Waals surface area (Å²) >= 11 is 0. The molecule has 0 bridgehead atoms. The van der Waals surface area contributed by atoms with Crippen molar-refractivity contribution in [3.05, 3.63) is 29.6 Å². The Morgan fingerprint density at radius 3 is 2.67 bits per heavy atom. The number of aromatic nitrogens is 1. The predicted molar refractivity (Wildman–Crippen MR) is 63.0 cm³/mol. The Morgan fingerprint density at radius 2 is 2.13 bits per heavy atom. The summed E-state index contributed by atoms with van der Waals surface area (Å²) < 4.78 is 0. The number of hydrogen-bond acceptors (Lipinski definition) is 2. The van der Waals surface area contributed by atoms with Gasteiger partial charge in [0.15, 0.2) is 0 Å². The van der Waals surface area contributed by atoms with Gasteiger partial charge in [0.25, 0.3) is 0 Å². The van der Waals surface area contributed by atoms with Crippen LogP contribution < -0.4 is 0 Å². The van der Waals surface area contributed by atoms with E-state index in [4.69, 9.17) is 5.41 Å². The van der Waals surface area contributed by atoms with E-state index in [0.717, 1.165) is 11.4 Å². The van der Waals surface area contributed by atoms with Crippen molar-refractivity contribution in [3.63, 3.8) is 0 Å². The number of nitrogens with zero attached hydrogens (tertiary/aromatic N) is 2. The zero-order chi connectivity index (χ0) is 11.4. The molecule has 0 saturated carbocycles. The fourth-order valence-electron chi connectivity index (χ4n) is 1.46. The molecule has 1 aromatic rings. The molecule has 1 aromatic heterocycles. The molecule has 0 amide bonds. The van der Waals surface area contributed by atoms with Gasteiger partial charge >= 0.3 is 0 Å². The molecule has 0 aromatic carbocycles. The van der Waals surface area contributed by atoms with E-state index < -0.39 is 0 Å². The second-order valence-corrected chi connectivity index (χ2v) is 4.17. The lowest BCUT2D eigenvalue weighted by Crippen LogP contribution is -2.29. The van der Waals surface area contributed by atoms with E-state index in [1.807, 2.05) is 50.9 Å². The first-order valence-corrected chi connectivity index (χ1v) is 5.23. The van der Waals surface area contributed by atoms with Gasteiger partial charge in [-0.3, -0.25) is 10.4 Å². The van der Waals surface area contributed by atoms with Gasteiger partial charge in [-0.25, -0.2) is 0 Å². The van der Waals surface area contributed by atoms with Crippen molar-refractivity contribution in [2.75, 3.05) is 7.05 Å². The maximum absolute atomic E-state index is 7.85. The lowest BCUT2D eigenvalue weighted by molar-refractivity contribution is 0.461. The highest BCUT2D eigenvalue weighted by molar-refractivity contribution is 5.80. The monoisotopic (exact) mass is 205 g/mol. The molecule has 1 heterocycles. The summed E-state index contributed by atoms with van der Waals surface area (Å²) in [6, 6.07) is 5.98. The Morgan fingerprint density at radius 1 is 1.47 bits per heavy atom. The third-order valence-corrected chi connectivity index (χ3v) is 2.30. The minimum atomic E-state index is 0.264. The van der Waals surface area contributed by atoms with Crippen LogP contribution in [0.4, 0.5) is 0 Å². The first-order chi connectivity index (χ1) is 7.00. The van der Waals surface area contributed by atoms with E-state index >= 15 is 0 Å². The molecule has 1 N–H and O–H groups in total. The van der Waals surface area contributed by atoms with E-state index in [1.54, 1.807) is 0 Å². The van der Waals surface area contributed by atoms with E-state index in [1.165, 1.54) is 0 Å². The average molecular weight is 205 g/mol. The highest BCUT2D eigenvalue weighted by atomic mass is 15.1. The van der Waals surface area contributed by atoms with Crippen molar-refractivity contribution >= 4 is 5.84 Å². The molecule has 82 valence electrons. The maximum atomic E-state index is 7.85. The molecule has 0 aliphatic heterocycles. The minimum absolute atomic E-state index is 0.264. The zero-order valence-electron chi connectivity index (χ0n) is 9.91. The summed E-state index contributed by atoms with van der Waals surface area (Å²) in [6.07, 6.45) is 0. The molecule has 0 spiro atoms. The highest BCUT2D eigenvalue weighted by Crippen LogP contribution is 2.05. The lowest BCUT2D eigenvalue weighted by Gasteiger charge is -2.22. The van der Waals surface area contributed by atoms with Crippen molar-refractivity contribution < 1.29 is 0 Å². The summed E-state index contributed by atoms with van der Waals surface area (Å²) in [5.41, 5.74) is 2.04. The van der Waals surface area contributed by atoms with Crippen molar-refractivity contribution in [3.8, 4) is 0 Å². The summed E-state index contributed by atoms with van der Waals surface area (Å²) in [4.78, 5) is 6.35. The zero-order valence-corrected chi connectivity index (χ0v) is 9.91. The average Bonchev–Trinajstić information content (AvgIpc) is 2.16. The SMILES string of the molecule is Cc1cccc(CN(C)C(=N)C(C)C)n1. The van der Waals surface area contributed by atoms with E-state index in [0.29, 0.717) is 12.4 Å². The first kappa shape index (κ1) is 11.7. The van der Waals surface area contributed by atoms with Gasteiger partial charge < -0.3 is 4.90 Å². The van der Waals surface area contributed by atoms with Crippen LogP contribution in [-0.4, -0.2) is 22.8 Å². The van der Waals surface area contributed by atoms with Crippen molar-refractivity contribution in [1.29, 1.82) is 5.41 Å². The Balaban J connectivity index is 2.66. The van der Waals surface area contributed by atoms with Crippen LogP contribution in [0.2, 0.25) is 0 Å². The van der Waals surface area contributed by atoms with Crippen LogP contribution in [-0.2, 0) is 6.54 Å². The van der Waals surface area contributed by atoms with E-state index in [2.05, 4.69) is 4.98 Å². The molecule has 0 atom stereocenters. The van der Waals surface area contributed by atoms with E-state index in [-0.39, 0.29) is 5.92 Å². The second-order valence-electron chi connectivity index (χ2n) is 4.17. The quantitative estimate of drug-likeness (QED) is 0.608. The molecule has 0 aliphatic carbocycles. The van der Waals surface area contributed by atoms with Crippen LogP contribution in [0.25, 0.3) is 0 Å². The van der Waals surface area contributed by atoms with Crippen LogP contribution in [0, 0.1) is 18.3 Å². The van der Waals surface area contributed by atoms with Crippen LogP contribution in [0.3, 0.4) is 0 Å². The molecular weight excluding hydrogens is 186 g/mol. The lowest BCUT2D eigenvalue weighted by atomic mass is 10.2. The Hall–Kier alpha value is -1.38. The van der Waals surface area contributed by atoms with E-state index in [9.17, 15) is 0 Å². The Labute approximate surface area is 91.7 Å². The maximum Gasteiger partial charge on any atom is 0.0984 e. The second kappa shape index (κ2) is 4.91. The van der Waals surface area contributed by atoms with Crippen LogP contribution in [0.15, 0.2) is 18.2 Å². The van der Waals surface area contributed by atoms with Crippen LogP contribution in [0.1, 0.15) is 25.2 Å². The number of amidine groups is 1. The molecule has 3 heteroatoms. The fraction of sp³-hybridized carbons (Fsp3) is 0.500. The number of pyridine rings is 1. The molecule has 0 radical (unpaired) electrons. The molecular formula is C12H19N3. The number of hydrogen-bond donors (Lipinski definition) is 1. The molecule has 15 heavy (non-hydrogen) atoms. The molecule has 3 nitrogen and oxygen atoms in total. The minimum Gasteiger partial charge on any atom is -0.357 e. The van der Waals surface area contributed by atoms with Crippen LogP contribution in [0.5, 0.6) is 0 Å². The Bertz CT molecular complexity index is 344. The summed E-state index contributed by atoms with van der Waals surface area (Å²) in [7, 11) is 1.94. The van der Waals surface area contributed by atoms with Gasteiger partial charge in [0.2, 0.25) is 0 Å². The van der Waals surface area contributed by atoms with Gasteiger partial charge in [-0.1, -0.05) is 19.9 Å². The number of nitrogens with one attached hydrogen (secondary N) is 1. The molecule has 1 rings (SSSR count). The van der Waals surface area contributed by atoms with Crippen molar-refractivity contribution in [2.24, 2.45) is 5.92 Å². The largest absolute Gasteiger partial charge is 0.357 e. The number of rotatable bonds is 3. The van der Waals surface area contributed by atoms with Crippen molar-refractivity contribution in [2.45, 2.75) is 27.3 Å². The first-order valence-electron chi connectivity index (χ1n) is 5.23. The predicted octanol–water partition coefficient (Wildman–Crippen LogP) is 2.46. The van der Waals surface area contributed by atoms with Gasteiger partial charge in [0.1, 0.15) is 0 Å². The molecule has 0 fully saturated rings. The van der Waals surface area contributed by atoms with Gasteiger partial charge in [0, 0.05) is 18.7 Å². The third kappa shape index (κ3) is 3.35. The standard InChI is InChI=1S/C12H19N3/c1-9(2)12(13)15(4)8-11-7-5-6-10(3)14-11/h5-7,9,13H,8H2,1-4H3. The third-order valence-electron chi connectivity index (χ3n) is 2.30. The smallest absolute Gasteiger partial charge is 0.0984 e. The highest BCUT2D eigenvalue weighted by Gasteiger charge is 2.09. The van der Waals surface area contributed by atoms with Crippen molar-refractivity contribution in [1.82, 2.24) is 9.88 Å². The molecule has 0 unspecified atom stereocenters. The molecule has 0 saturated heterocycles. The Kier molecular flexibility index (Phi) is 3.83. The summed E-state index contributed by atoms with van der Waals surface area (Å²) in [6.45, 7) is 6.75. The normalized spacial score (nSPS) is 10.5. The van der Waals surface area contributed by atoms with Crippen LogP contribution >= 0.6 is 0 Å². The van der Waals surface area contributed by atoms with Gasteiger partial charge in [0.05, 0.1) is 18.1 Å². The fourth-order valence-corrected chi connectivity index (χ4v) is 1.46. The topological polar surface area (TPSA) is 40.0 Å².